The Morgan fingerprint density at radius 2 is 2.41 bits per heavy atom. The van der Waals surface area contributed by atoms with Crippen molar-refractivity contribution >= 4 is 17.5 Å². The van der Waals surface area contributed by atoms with E-state index in [0.717, 1.165) is 5.69 Å². The number of rotatable bonds is 6. The molecule has 1 aromatic rings. The second-order valence-corrected chi connectivity index (χ2v) is 4.28. The number of hydrogen-bond acceptors (Lipinski definition) is 3. The van der Waals surface area contributed by atoms with Crippen molar-refractivity contribution in [2.24, 2.45) is 7.05 Å². The van der Waals surface area contributed by atoms with Crippen LogP contribution in [-0.2, 0) is 11.8 Å². The molecular formula is C11H18ClN3O2. The third kappa shape index (κ3) is 4.02. The first-order valence-corrected chi connectivity index (χ1v) is 5.98. The van der Waals surface area contributed by atoms with Crippen molar-refractivity contribution in [3.05, 3.63) is 17.5 Å². The predicted molar refractivity (Wildman–Crippen MR) is 66.4 cm³/mol. The van der Waals surface area contributed by atoms with E-state index in [1.165, 1.54) is 0 Å². The summed E-state index contributed by atoms with van der Waals surface area (Å²) in [4.78, 5) is 12.0. The molecule has 5 nitrogen and oxygen atoms in total. The highest BCUT2D eigenvalue weighted by Gasteiger charge is 2.16. The van der Waals surface area contributed by atoms with E-state index < -0.39 is 0 Å². The van der Waals surface area contributed by atoms with E-state index in [1.54, 1.807) is 24.9 Å². The SMILES string of the molecule is COCC(CCCl)NC(=O)c1cc(C)nn1C. The van der Waals surface area contributed by atoms with Crippen molar-refractivity contribution < 1.29 is 9.53 Å². The average molecular weight is 260 g/mol. The number of amides is 1. The molecule has 96 valence electrons. The molecule has 0 spiro atoms. The normalized spacial score (nSPS) is 12.5. The highest BCUT2D eigenvalue weighted by atomic mass is 35.5. The lowest BCUT2D eigenvalue weighted by molar-refractivity contribution is 0.0886. The highest BCUT2D eigenvalue weighted by Crippen LogP contribution is 2.03. The van der Waals surface area contributed by atoms with Crippen molar-refractivity contribution in [3.8, 4) is 0 Å². The van der Waals surface area contributed by atoms with Crippen molar-refractivity contribution in [2.75, 3.05) is 19.6 Å². The zero-order valence-corrected chi connectivity index (χ0v) is 11.1. The summed E-state index contributed by atoms with van der Waals surface area (Å²) in [6, 6.07) is 1.68. The molecule has 1 atom stereocenters. The molecule has 0 saturated heterocycles. The fourth-order valence-electron chi connectivity index (χ4n) is 1.61. The molecule has 0 aliphatic rings. The minimum Gasteiger partial charge on any atom is -0.383 e. The minimum absolute atomic E-state index is 0.0693. The van der Waals surface area contributed by atoms with Crippen LogP contribution in [0.3, 0.4) is 0 Å². The Kier molecular flexibility index (Phi) is 5.44. The van der Waals surface area contributed by atoms with E-state index in [-0.39, 0.29) is 11.9 Å². The fraction of sp³-hybridized carbons (Fsp3) is 0.636. The van der Waals surface area contributed by atoms with Crippen LogP contribution in [0.25, 0.3) is 0 Å². The van der Waals surface area contributed by atoms with Gasteiger partial charge < -0.3 is 10.1 Å². The topological polar surface area (TPSA) is 56.1 Å². The number of aryl methyl sites for hydroxylation is 2. The Bertz CT molecular complexity index is 373. The molecule has 0 radical (unpaired) electrons. The first kappa shape index (κ1) is 14.0. The largest absolute Gasteiger partial charge is 0.383 e. The van der Waals surface area contributed by atoms with E-state index in [0.29, 0.717) is 24.6 Å². The van der Waals surface area contributed by atoms with Gasteiger partial charge in [0.1, 0.15) is 5.69 Å². The van der Waals surface area contributed by atoms with Crippen LogP contribution >= 0.6 is 11.6 Å². The van der Waals surface area contributed by atoms with Gasteiger partial charge in [0.15, 0.2) is 0 Å². The van der Waals surface area contributed by atoms with Gasteiger partial charge in [0.05, 0.1) is 18.3 Å². The predicted octanol–water partition coefficient (Wildman–Crippen LogP) is 1.10. The fourth-order valence-corrected chi connectivity index (χ4v) is 1.88. The van der Waals surface area contributed by atoms with Crippen molar-refractivity contribution in [1.29, 1.82) is 0 Å². The molecule has 6 heteroatoms. The summed E-state index contributed by atoms with van der Waals surface area (Å²) in [5.74, 6) is 0.332. The van der Waals surface area contributed by atoms with Crippen molar-refractivity contribution in [1.82, 2.24) is 15.1 Å². The summed E-state index contributed by atoms with van der Waals surface area (Å²) in [5, 5.41) is 7.01. The molecular weight excluding hydrogens is 242 g/mol. The van der Waals surface area contributed by atoms with Crippen LogP contribution < -0.4 is 5.32 Å². The molecule has 0 aromatic carbocycles. The molecule has 1 unspecified atom stereocenters. The number of ether oxygens (including phenoxy) is 1. The Morgan fingerprint density at radius 3 is 2.88 bits per heavy atom. The maximum absolute atomic E-state index is 12.0. The number of aromatic nitrogens is 2. The Morgan fingerprint density at radius 1 is 1.71 bits per heavy atom. The van der Waals surface area contributed by atoms with Gasteiger partial charge in [-0.3, -0.25) is 9.48 Å². The number of nitrogens with one attached hydrogen (secondary N) is 1. The molecule has 1 rings (SSSR count). The highest BCUT2D eigenvalue weighted by molar-refractivity contribution is 6.17. The minimum atomic E-state index is -0.153. The zero-order chi connectivity index (χ0) is 12.8. The van der Waals surface area contributed by atoms with Crippen LogP contribution in [0.2, 0.25) is 0 Å². The Labute approximate surface area is 106 Å². The van der Waals surface area contributed by atoms with Gasteiger partial charge in [-0.1, -0.05) is 0 Å². The maximum Gasteiger partial charge on any atom is 0.269 e. The molecule has 0 saturated carbocycles. The average Bonchev–Trinajstić information content (AvgIpc) is 2.58. The molecule has 1 aromatic heterocycles. The number of carbonyl (C=O) groups is 1. The van der Waals surface area contributed by atoms with Gasteiger partial charge in [0.2, 0.25) is 0 Å². The van der Waals surface area contributed by atoms with Gasteiger partial charge in [-0.05, 0) is 19.4 Å². The summed E-state index contributed by atoms with van der Waals surface area (Å²) in [7, 11) is 3.34. The molecule has 1 amide bonds. The molecule has 0 bridgehead atoms. The van der Waals surface area contributed by atoms with E-state index in [9.17, 15) is 4.79 Å². The van der Waals surface area contributed by atoms with Crippen LogP contribution in [0.1, 0.15) is 22.6 Å². The van der Waals surface area contributed by atoms with Crippen LogP contribution in [0.15, 0.2) is 6.07 Å². The van der Waals surface area contributed by atoms with E-state index in [1.807, 2.05) is 6.92 Å². The van der Waals surface area contributed by atoms with Gasteiger partial charge in [0, 0.05) is 20.0 Å². The second-order valence-electron chi connectivity index (χ2n) is 3.90. The van der Waals surface area contributed by atoms with Gasteiger partial charge in [0.25, 0.3) is 5.91 Å². The lowest BCUT2D eigenvalue weighted by atomic mass is 10.2. The molecule has 0 aliphatic carbocycles. The summed E-state index contributed by atoms with van der Waals surface area (Å²) >= 11 is 5.67. The van der Waals surface area contributed by atoms with E-state index in [2.05, 4.69) is 10.4 Å². The van der Waals surface area contributed by atoms with Gasteiger partial charge in [-0.2, -0.15) is 5.10 Å². The van der Waals surface area contributed by atoms with Gasteiger partial charge in [-0.25, -0.2) is 0 Å². The van der Waals surface area contributed by atoms with Gasteiger partial charge in [-0.15, -0.1) is 11.6 Å². The quantitative estimate of drug-likeness (QED) is 0.779. The molecule has 1 N–H and O–H groups in total. The number of hydrogen-bond donors (Lipinski definition) is 1. The van der Waals surface area contributed by atoms with E-state index >= 15 is 0 Å². The first-order chi connectivity index (χ1) is 8.08. The lowest BCUT2D eigenvalue weighted by Gasteiger charge is -2.16. The third-order valence-electron chi connectivity index (χ3n) is 2.40. The number of nitrogens with zero attached hydrogens (tertiary/aromatic N) is 2. The summed E-state index contributed by atoms with van der Waals surface area (Å²) in [6.45, 7) is 2.30. The van der Waals surface area contributed by atoms with Gasteiger partial charge >= 0.3 is 0 Å². The molecule has 1 heterocycles. The third-order valence-corrected chi connectivity index (χ3v) is 2.61. The second kappa shape index (κ2) is 6.61. The Hall–Kier alpha value is -1.07. The van der Waals surface area contributed by atoms with Crippen molar-refractivity contribution in [2.45, 2.75) is 19.4 Å². The van der Waals surface area contributed by atoms with Crippen LogP contribution in [-0.4, -0.2) is 41.3 Å². The van der Waals surface area contributed by atoms with Crippen LogP contribution in [0, 0.1) is 6.92 Å². The van der Waals surface area contributed by atoms with Crippen LogP contribution in [0.4, 0.5) is 0 Å². The lowest BCUT2D eigenvalue weighted by Crippen LogP contribution is -2.39. The standard InChI is InChI=1S/C11H18ClN3O2/c1-8-6-10(15(2)14-8)11(16)13-9(4-5-12)7-17-3/h6,9H,4-5,7H2,1-3H3,(H,13,16). The number of halogens is 1. The molecule has 0 aliphatic heterocycles. The summed E-state index contributed by atoms with van der Waals surface area (Å²) in [5.41, 5.74) is 1.36. The summed E-state index contributed by atoms with van der Waals surface area (Å²) in [6.07, 6.45) is 0.679. The monoisotopic (exact) mass is 259 g/mol. The Balaban J connectivity index is 2.66. The van der Waals surface area contributed by atoms with E-state index in [4.69, 9.17) is 16.3 Å². The molecule has 17 heavy (non-hydrogen) atoms. The first-order valence-electron chi connectivity index (χ1n) is 5.45. The van der Waals surface area contributed by atoms with Crippen LogP contribution in [0.5, 0.6) is 0 Å². The van der Waals surface area contributed by atoms with Crippen molar-refractivity contribution in [3.63, 3.8) is 0 Å². The smallest absolute Gasteiger partial charge is 0.269 e. The summed E-state index contributed by atoms with van der Waals surface area (Å²) < 4.78 is 6.60. The number of alkyl halides is 1. The number of carbonyl (C=O) groups excluding carboxylic acids is 1. The maximum atomic E-state index is 12.0. The molecule has 0 fully saturated rings. The number of methoxy groups -OCH3 is 1. The zero-order valence-electron chi connectivity index (χ0n) is 10.4.